The highest BCUT2D eigenvalue weighted by atomic mass is 35.5. The number of ether oxygens (including phenoxy) is 1. The van der Waals surface area contributed by atoms with Crippen LogP contribution in [-0.4, -0.2) is 16.6 Å². The molecule has 0 unspecified atom stereocenters. The van der Waals surface area contributed by atoms with E-state index in [4.69, 9.17) is 16.3 Å². The van der Waals surface area contributed by atoms with Gasteiger partial charge < -0.3 is 4.74 Å². The summed E-state index contributed by atoms with van der Waals surface area (Å²) < 4.78 is 4.92. The van der Waals surface area contributed by atoms with Crippen LogP contribution in [0.3, 0.4) is 0 Å². The van der Waals surface area contributed by atoms with Crippen LogP contribution in [0.2, 0.25) is 5.02 Å². The van der Waals surface area contributed by atoms with Gasteiger partial charge in [0.25, 0.3) is 5.69 Å². The molecule has 21 heavy (non-hydrogen) atoms. The molecule has 0 fully saturated rings. The highest BCUT2D eigenvalue weighted by Crippen LogP contribution is 2.31. The first kappa shape index (κ1) is 14.7. The molecule has 108 valence electrons. The maximum atomic E-state index is 10.6. The van der Waals surface area contributed by atoms with Crippen LogP contribution in [0.1, 0.15) is 0 Å². The van der Waals surface area contributed by atoms with Crippen molar-refractivity contribution in [1.29, 1.82) is 0 Å². The van der Waals surface area contributed by atoms with Crippen molar-refractivity contribution in [3.05, 3.63) is 67.7 Å². The van der Waals surface area contributed by atoms with Gasteiger partial charge in [0.05, 0.1) is 14.9 Å². The molecule has 0 saturated carbocycles. The Kier molecular flexibility index (Phi) is 4.34. The Bertz CT molecular complexity index is 687. The molecule has 8 heteroatoms. The maximum absolute atomic E-state index is 10.6. The molecule has 2 rings (SSSR count). The van der Waals surface area contributed by atoms with Crippen LogP contribution in [0.5, 0.6) is 5.75 Å². The molecule has 2 aromatic carbocycles. The maximum Gasteiger partial charge on any atom is 0.344 e. The molecule has 0 aliphatic rings. The fourth-order valence-corrected chi connectivity index (χ4v) is 1.99. The summed E-state index contributed by atoms with van der Waals surface area (Å²) in [7, 11) is 0. The summed E-state index contributed by atoms with van der Waals surface area (Å²) in [5, 5.41) is 21.1. The third-order valence-electron chi connectivity index (χ3n) is 2.67. The minimum Gasteiger partial charge on any atom is -0.432 e. The summed E-state index contributed by atoms with van der Waals surface area (Å²) in [6.07, 6.45) is 0. The number of hydrogen-bond acceptors (Lipinski definition) is 5. The topological polar surface area (TPSA) is 95.5 Å². The zero-order valence-corrected chi connectivity index (χ0v) is 11.3. The number of hydrogen-bond donors (Lipinski definition) is 0. The Hall–Kier alpha value is -2.67. The lowest BCUT2D eigenvalue weighted by molar-refractivity contribution is -0.514. The molecular weight excluding hydrogens is 300 g/mol. The van der Waals surface area contributed by atoms with Crippen molar-refractivity contribution in [1.82, 2.24) is 0 Å². The van der Waals surface area contributed by atoms with Crippen LogP contribution in [0, 0.1) is 20.2 Å². The van der Waals surface area contributed by atoms with E-state index in [2.05, 4.69) is 0 Å². The number of nitro benzene ring substituents is 1. The van der Waals surface area contributed by atoms with Crippen LogP contribution in [-0.2, 0) is 0 Å². The first-order chi connectivity index (χ1) is 9.97. The van der Waals surface area contributed by atoms with E-state index in [1.807, 2.05) is 0 Å². The van der Waals surface area contributed by atoms with E-state index in [1.165, 1.54) is 12.1 Å². The molecule has 0 aliphatic carbocycles. The SMILES string of the molecule is O=[N+]([O-])COc1ccc(-c2ccc([N+](=O)[O-])cc2Cl)cc1. The van der Waals surface area contributed by atoms with Crippen LogP contribution >= 0.6 is 11.6 Å². The fraction of sp³-hybridized carbons (Fsp3) is 0.0769. The first-order valence-corrected chi connectivity index (χ1v) is 6.14. The molecule has 0 bridgehead atoms. The van der Waals surface area contributed by atoms with E-state index in [9.17, 15) is 20.2 Å². The smallest absolute Gasteiger partial charge is 0.344 e. The lowest BCUT2D eigenvalue weighted by Crippen LogP contribution is -2.07. The zero-order chi connectivity index (χ0) is 15.4. The Morgan fingerprint density at radius 2 is 1.71 bits per heavy atom. The predicted molar refractivity (Wildman–Crippen MR) is 76.0 cm³/mol. The number of nitrogens with zero attached hydrogens (tertiary/aromatic N) is 2. The standard InChI is InChI=1S/C13H9ClN2O5/c14-13-7-10(16(19)20)3-6-12(13)9-1-4-11(5-2-9)21-8-15(17)18/h1-7H,8H2. The van der Waals surface area contributed by atoms with Gasteiger partial charge in [-0.1, -0.05) is 23.7 Å². The Morgan fingerprint density at radius 3 is 2.24 bits per heavy atom. The second-order valence-corrected chi connectivity index (χ2v) is 4.46. The zero-order valence-electron chi connectivity index (χ0n) is 10.6. The number of benzene rings is 2. The fourth-order valence-electron chi connectivity index (χ4n) is 1.71. The summed E-state index contributed by atoms with van der Waals surface area (Å²) >= 11 is 6.03. The number of non-ortho nitro benzene ring substituents is 1. The second kappa shape index (κ2) is 6.19. The molecule has 0 atom stereocenters. The highest BCUT2D eigenvalue weighted by Gasteiger charge is 2.11. The van der Waals surface area contributed by atoms with Crippen molar-refractivity contribution in [3.63, 3.8) is 0 Å². The van der Waals surface area contributed by atoms with Crippen LogP contribution in [0.25, 0.3) is 11.1 Å². The van der Waals surface area contributed by atoms with Crippen molar-refractivity contribution in [2.45, 2.75) is 0 Å². The Morgan fingerprint density at radius 1 is 1.05 bits per heavy atom. The van der Waals surface area contributed by atoms with Gasteiger partial charge in [-0.2, -0.15) is 0 Å². The van der Waals surface area contributed by atoms with Crippen molar-refractivity contribution in [3.8, 4) is 16.9 Å². The van der Waals surface area contributed by atoms with Gasteiger partial charge in [-0.05, 0) is 23.8 Å². The van der Waals surface area contributed by atoms with Gasteiger partial charge >= 0.3 is 6.73 Å². The number of halogens is 1. The third-order valence-corrected chi connectivity index (χ3v) is 2.98. The number of nitro groups is 2. The summed E-state index contributed by atoms with van der Waals surface area (Å²) in [6.45, 7) is -0.613. The van der Waals surface area contributed by atoms with E-state index >= 15 is 0 Å². The molecular formula is C13H9ClN2O5. The van der Waals surface area contributed by atoms with Gasteiger partial charge in [-0.15, -0.1) is 0 Å². The summed E-state index contributed by atoms with van der Waals surface area (Å²) in [5.74, 6) is 0.355. The average molecular weight is 309 g/mol. The molecule has 2 aromatic rings. The van der Waals surface area contributed by atoms with Gasteiger partial charge in [0.15, 0.2) is 0 Å². The summed E-state index contributed by atoms with van der Waals surface area (Å²) in [5.41, 5.74) is 1.26. The van der Waals surface area contributed by atoms with E-state index in [1.54, 1.807) is 30.3 Å². The molecule has 0 aromatic heterocycles. The molecule has 0 heterocycles. The van der Waals surface area contributed by atoms with Crippen LogP contribution in [0.15, 0.2) is 42.5 Å². The van der Waals surface area contributed by atoms with E-state index in [-0.39, 0.29) is 10.7 Å². The van der Waals surface area contributed by atoms with E-state index < -0.39 is 16.6 Å². The van der Waals surface area contributed by atoms with Crippen molar-refractivity contribution >= 4 is 17.3 Å². The second-order valence-electron chi connectivity index (χ2n) is 4.05. The summed E-state index contributed by atoms with van der Waals surface area (Å²) in [6, 6.07) is 10.7. The minimum atomic E-state index is -0.613. The monoisotopic (exact) mass is 308 g/mol. The molecule has 0 aliphatic heterocycles. The summed E-state index contributed by atoms with van der Waals surface area (Å²) in [4.78, 5) is 19.7. The molecule has 0 saturated heterocycles. The van der Waals surface area contributed by atoms with Gasteiger partial charge in [0.2, 0.25) is 0 Å². The van der Waals surface area contributed by atoms with E-state index in [0.717, 1.165) is 5.56 Å². The average Bonchev–Trinajstić information content (AvgIpc) is 2.45. The van der Waals surface area contributed by atoms with Gasteiger partial charge in [0, 0.05) is 17.7 Å². The van der Waals surface area contributed by atoms with Crippen molar-refractivity contribution in [2.24, 2.45) is 0 Å². The molecule has 0 N–H and O–H groups in total. The quantitative estimate of drug-likeness (QED) is 0.478. The lowest BCUT2D eigenvalue weighted by atomic mass is 10.1. The molecule has 0 spiro atoms. The lowest BCUT2D eigenvalue weighted by Gasteiger charge is -2.06. The Labute approximate surface area is 124 Å². The van der Waals surface area contributed by atoms with Gasteiger partial charge in [-0.25, -0.2) is 0 Å². The van der Waals surface area contributed by atoms with Crippen LogP contribution in [0.4, 0.5) is 5.69 Å². The molecule has 0 radical (unpaired) electrons. The van der Waals surface area contributed by atoms with Gasteiger partial charge in [-0.3, -0.25) is 20.2 Å². The third kappa shape index (κ3) is 3.67. The van der Waals surface area contributed by atoms with Crippen molar-refractivity contribution in [2.75, 3.05) is 6.73 Å². The molecule has 7 nitrogen and oxygen atoms in total. The molecule has 0 amide bonds. The first-order valence-electron chi connectivity index (χ1n) is 5.76. The normalized spacial score (nSPS) is 10.1. The highest BCUT2D eigenvalue weighted by molar-refractivity contribution is 6.33. The van der Waals surface area contributed by atoms with Gasteiger partial charge in [0.1, 0.15) is 5.75 Å². The Balaban J connectivity index is 2.22. The van der Waals surface area contributed by atoms with Crippen molar-refractivity contribution < 1.29 is 14.6 Å². The van der Waals surface area contributed by atoms with Crippen LogP contribution < -0.4 is 4.74 Å². The minimum absolute atomic E-state index is 0.0883. The predicted octanol–water partition coefficient (Wildman–Crippen LogP) is 3.53. The number of rotatable bonds is 5. The largest absolute Gasteiger partial charge is 0.432 e. The van der Waals surface area contributed by atoms with E-state index in [0.29, 0.717) is 11.3 Å².